The molecule has 1 aliphatic heterocycles. The lowest BCUT2D eigenvalue weighted by molar-refractivity contribution is -0.118. The summed E-state index contributed by atoms with van der Waals surface area (Å²) in [7, 11) is -3.74. The van der Waals surface area contributed by atoms with Gasteiger partial charge in [-0.25, -0.2) is 13.1 Å². The molecule has 1 atom stereocenters. The smallest absolute Gasteiger partial charge is 0.262 e. The Morgan fingerprint density at radius 3 is 2.74 bits per heavy atom. The summed E-state index contributed by atoms with van der Waals surface area (Å²) in [6.45, 7) is 1.67. The van der Waals surface area contributed by atoms with Gasteiger partial charge in [0.25, 0.3) is 5.91 Å². The zero-order chi connectivity index (χ0) is 16.4. The highest BCUT2D eigenvalue weighted by Crippen LogP contribution is 2.30. The number of nitrogens with zero attached hydrogens (tertiary/aromatic N) is 1. The van der Waals surface area contributed by atoms with Crippen molar-refractivity contribution >= 4 is 21.6 Å². The number of amides is 1. The average Bonchev–Trinajstić information content (AvgIpc) is 2.54. The van der Waals surface area contributed by atoms with Gasteiger partial charge in [0, 0.05) is 18.4 Å². The predicted octanol–water partition coefficient (Wildman–Crippen LogP) is 1.45. The summed E-state index contributed by atoms with van der Waals surface area (Å²) in [6.07, 6.45) is 3.21. The van der Waals surface area contributed by atoms with Gasteiger partial charge in [-0.05, 0) is 42.8 Å². The van der Waals surface area contributed by atoms with E-state index in [0.29, 0.717) is 11.4 Å². The number of fused-ring (bicyclic) bond motifs is 1. The maximum atomic E-state index is 12.5. The molecule has 1 aromatic heterocycles. The molecule has 0 saturated carbocycles. The van der Waals surface area contributed by atoms with E-state index in [9.17, 15) is 13.2 Å². The Kier molecular flexibility index (Phi) is 4.01. The van der Waals surface area contributed by atoms with E-state index in [1.54, 1.807) is 31.5 Å². The standard InChI is InChI=1S/C15H15N3O4S/c1-10(11-4-6-16-7-5-11)18-23(20,21)12-2-3-14-13(8-12)17-15(19)9-22-14/h2-8,10,18H,9H2,1H3,(H,17,19)/t10-/m1/s1. The fourth-order valence-electron chi connectivity index (χ4n) is 2.25. The second kappa shape index (κ2) is 5.98. The van der Waals surface area contributed by atoms with E-state index in [-0.39, 0.29) is 17.4 Å². The SMILES string of the molecule is C[C@@H](NS(=O)(=O)c1ccc2c(c1)NC(=O)CO2)c1ccncc1. The highest BCUT2D eigenvalue weighted by atomic mass is 32.2. The molecule has 0 bridgehead atoms. The Bertz CT molecular complexity index is 837. The number of pyridine rings is 1. The molecule has 2 heterocycles. The summed E-state index contributed by atoms with van der Waals surface area (Å²) in [5.74, 6) is 0.135. The highest BCUT2D eigenvalue weighted by Gasteiger charge is 2.22. The number of hydrogen-bond acceptors (Lipinski definition) is 5. The third-order valence-electron chi connectivity index (χ3n) is 3.43. The van der Waals surface area contributed by atoms with Crippen molar-refractivity contribution in [2.75, 3.05) is 11.9 Å². The lowest BCUT2D eigenvalue weighted by atomic mass is 10.1. The van der Waals surface area contributed by atoms with E-state index in [1.165, 1.54) is 18.2 Å². The molecule has 23 heavy (non-hydrogen) atoms. The number of aromatic nitrogens is 1. The van der Waals surface area contributed by atoms with Crippen LogP contribution < -0.4 is 14.8 Å². The van der Waals surface area contributed by atoms with Crippen molar-refractivity contribution in [2.24, 2.45) is 0 Å². The molecule has 2 aromatic rings. The topological polar surface area (TPSA) is 97.4 Å². The molecule has 3 rings (SSSR count). The predicted molar refractivity (Wildman–Crippen MR) is 83.5 cm³/mol. The summed E-state index contributed by atoms with van der Waals surface area (Å²) in [5, 5.41) is 2.59. The first-order chi connectivity index (χ1) is 11.0. The number of benzene rings is 1. The molecule has 0 spiro atoms. The molecule has 8 heteroatoms. The number of sulfonamides is 1. The van der Waals surface area contributed by atoms with E-state index in [0.717, 1.165) is 5.56 Å². The molecule has 0 radical (unpaired) electrons. The van der Waals surface area contributed by atoms with Crippen molar-refractivity contribution in [1.82, 2.24) is 9.71 Å². The van der Waals surface area contributed by atoms with Crippen LogP contribution in [0.3, 0.4) is 0 Å². The van der Waals surface area contributed by atoms with E-state index in [4.69, 9.17) is 4.74 Å². The highest BCUT2D eigenvalue weighted by molar-refractivity contribution is 7.89. The van der Waals surface area contributed by atoms with E-state index in [2.05, 4.69) is 15.0 Å². The molecule has 0 aliphatic carbocycles. The number of nitrogens with one attached hydrogen (secondary N) is 2. The van der Waals surface area contributed by atoms with Crippen LogP contribution in [0.2, 0.25) is 0 Å². The third kappa shape index (κ3) is 3.33. The van der Waals surface area contributed by atoms with Crippen LogP contribution in [0.15, 0.2) is 47.6 Å². The van der Waals surface area contributed by atoms with Crippen LogP contribution in [0.25, 0.3) is 0 Å². The van der Waals surface area contributed by atoms with Crippen molar-refractivity contribution in [3.63, 3.8) is 0 Å². The zero-order valence-electron chi connectivity index (χ0n) is 12.3. The third-order valence-corrected chi connectivity index (χ3v) is 4.97. The lowest BCUT2D eigenvalue weighted by Crippen LogP contribution is -2.28. The normalized spacial score (nSPS) is 15.3. The fourth-order valence-corrected chi connectivity index (χ4v) is 3.51. The Balaban J connectivity index is 1.85. The van der Waals surface area contributed by atoms with E-state index >= 15 is 0 Å². The Morgan fingerprint density at radius 1 is 1.26 bits per heavy atom. The molecular formula is C15H15N3O4S. The van der Waals surface area contributed by atoms with Crippen molar-refractivity contribution in [1.29, 1.82) is 0 Å². The first kappa shape index (κ1) is 15.4. The molecule has 7 nitrogen and oxygen atoms in total. The van der Waals surface area contributed by atoms with Crippen molar-refractivity contribution < 1.29 is 17.9 Å². The molecule has 0 fully saturated rings. The molecule has 0 saturated heterocycles. The minimum atomic E-state index is -3.74. The number of carbonyl (C=O) groups excluding carboxylic acids is 1. The summed E-state index contributed by atoms with van der Waals surface area (Å²) in [5.41, 5.74) is 1.15. The van der Waals surface area contributed by atoms with Gasteiger partial charge < -0.3 is 10.1 Å². The second-order valence-electron chi connectivity index (χ2n) is 5.12. The van der Waals surface area contributed by atoms with Crippen LogP contribution in [0, 0.1) is 0 Å². The number of hydrogen-bond donors (Lipinski definition) is 2. The largest absolute Gasteiger partial charge is 0.482 e. The van der Waals surface area contributed by atoms with Gasteiger partial charge in [0.15, 0.2) is 6.61 Å². The Morgan fingerprint density at radius 2 is 2.00 bits per heavy atom. The summed E-state index contributed by atoms with van der Waals surface area (Å²) >= 11 is 0. The van der Waals surface area contributed by atoms with Crippen LogP contribution in [0.4, 0.5) is 5.69 Å². The Hall–Kier alpha value is -2.45. The first-order valence-electron chi connectivity index (χ1n) is 6.95. The lowest BCUT2D eigenvalue weighted by Gasteiger charge is -2.19. The Labute approximate surface area is 133 Å². The molecular weight excluding hydrogens is 318 g/mol. The second-order valence-corrected chi connectivity index (χ2v) is 6.83. The van der Waals surface area contributed by atoms with Crippen molar-refractivity contribution in [2.45, 2.75) is 17.9 Å². The maximum absolute atomic E-state index is 12.5. The fraction of sp³-hybridized carbons (Fsp3) is 0.200. The van der Waals surface area contributed by atoms with E-state index < -0.39 is 16.1 Å². The van der Waals surface area contributed by atoms with Crippen LogP contribution in [0.1, 0.15) is 18.5 Å². The summed E-state index contributed by atoms with van der Waals surface area (Å²) < 4.78 is 32.8. The van der Waals surface area contributed by atoms with Crippen LogP contribution in [0.5, 0.6) is 5.75 Å². The van der Waals surface area contributed by atoms with Gasteiger partial charge in [-0.1, -0.05) is 0 Å². The van der Waals surface area contributed by atoms with Gasteiger partial charge >= 0.3 is 0 Å². The molecule has 0 unspecified atom stereocenters. The van der Waals surface area contributed by atoms with Gasteiger partial charge in [0.1, 0.15) is 5.75 Å². The molecule has 1 aliphatic rings. The number of carbonyl (C=O) groups is 1. The van der Waals surface area contributed by atoms with Gasteiger partial charge in [0.2, 0.25) is 10.0 Å². The molecule has 120 valence electrons. The minimum absolute atomic E-state index is 0.0583. The zero-order valence-corrected chi connectivity index (χ0v) is 13.1. The van der Waals surface area contributed by atoms with Crippen molar-refractivity contribution in [3.8, 4) is 5.75 Å². The average molecular weight is 333 g/mol. The first-order valence-corrected chi connectivity index (χ1v) is 8.43. The van der Waals surface area contributed by atoms with Crippen LogP contribution in [-0.4, -0.2) is 25.9 Å². The maximum Gasteiger partial charge on any atom is 0.262 e. The minimum Gasteiger partial charge on any atom is -0.482 e. The number of ether oxygens (including phenoxy) is 1. The monoisotopic (exact) mass is 333 g/mol. The molecule has 1 amide bonds. The number of rotatable bonds is 4. The summed E-state index contributed by atoms with van der Waals surface area (Å²) in [6, 6.07) is 7.43. The van der Waals surface area contributed by atoms with Crippen molar-refractivity contribution in [3.05, 3.63) is 48.3 Å². The number of anilines is 1. The van der Waals surface area contributed by atoms with Crippen LogP contribution in [-0.2, 0) is 14.8 Å². The van der Waals surface area contributed by atoms with Gasteiger partial charge in [0.05, 0.1) is 10.6 Å². The van der Waals surface area contributed by atoms with Gasteiger partial charge in [-0.3, -0.25) is 9.78 Å². The van der Waals surface area contributed by atoms with Crippen LogP contribution >= 0.6 is 0 Å². The molecule has 1 aromatic carbocycles. The quantitative estimate of drug-likeness (QED) is 0.882. The van der Waals surface area contributed by atoms with E-state index in [1.807, 2.05) is 0 Å². The molecule has 2 N–H and O–H groups in total. The van der Waals surface area contributed by atoms with Gasteiger partial charge in [-0.2, -0.15) is 0 Å². The van der Waals surface area contributed by atoms with Gasteiger partial charge in [-0.15, -0.1) is 0 Å². The summed E-state index contributed by atoms with van der Waals surface area (Å²) in [4.78, 5) is 15.3.